The molecule has 0 atom stereocenters. The fourth-order valence-corrected chi connectivity index (χ4v) is 7.31. The Morgan fingerprint density at radius 1 is 0.304 bits per heavy atom. The van der Waals surface area contributed by atoms with Crippen molar-refractivity contribution in [3.8, 4) is 22.6 Å². The van der Waals surface area contributed by atoms with E-state index in [0.717, 1.165) is 25.7 Å². The molecule has 46 heavy (non-hydrogen) atoms. The number of hydrogen-bond donors (Lipinski definition) is 2. The lowest BCUT2D eigenvalue weighted by molar-refractivity contribution is 0.472. The van der Waals surface area contributed by atoms with Crippen molar-refractivity contribution in [2.75, 3.05) is 0 Å². The maximum Gasteiger partial charge on any atom is 0.116 e. The molecule has 2 rings (SSSR count). The summed E-state index contributed by atoms with van der Waals surface area (Å²) in [6.45, 7) is 9.14. The van der Waals surface area contributed by atoms with Crippen molar-refractivity contribution in [3.63, 3.8) is 0 Å². The third-order valence-corrected chi connectivity index (χ3v) is 10.0. The summed E-state index contributed by atoms with van der Waals surface area (Å²) in [5, 5.41) is 22.1. The van der Waals surface area contributed by atoms with Crippen LogP contribution < -0.4 is 0 Å². The molecule has 2 nitrogen and oxygen atoms in total. The summed E-state index contributed by atoms with van der Waals surface area (Å²) in [7, 11) is 0. The topological polar surface area (TPSA) is 40.5 Å². The normalized spacial score (nSPS) is 11.5. The summed E-state index contributed by atoms with van der Waals surface area (Å²) in [5.41, 5.74) is 8.13. The van der Waals surface area contributed by atoms with Gasteiger partial charge in [0, 0.05) is 0 Å². The Morgan fingerprint density at radius 2 is 0.500 bits per heavy atom. The molecule has 0 aliphatic carbocycles. The SMILES string of the molecule is CCCCCCCCc1cc(O)cc(CCCCCCCC)c1-c1c(CCCCCCCC)cc(O)cc1CCCCCCCC. The molecule has 0 aromatic heterocycles. The minimum atomic E-state index is 0.430. The fourth-order valence-electron chi connectivity index (χ4n) is 7.31. The number of phenolic OH excluding ortho intramolecular Hbond substituents is 2. The van der Waals surface area contributed by atoms with Gasteiger partial charge in [-0.2, -0.15) is 0 Å². The Morgan fingerprint density at radius 3 is 0.717 bits per heavy atom. The average molecular weight is 635 g/mol. The maximum absolute atomic E-state index is 11.0. The summed E-state index contributed by atoms with van der Waals surface area (Å²) in [5.74, 6) is 0.860. The molecule has 2 aromatic carbocycles. The second-order valence-corrected chi connectivity index (χ2v) is 14.3. The summed E-state index contributed by atoms with van der Waals surface area (Å²) in [6.07, 6.45) is 34.8. The maximum atomic E-state index is 11.0. The summed E-state index contributed by atoms with van der Waals surface area (Å²) in [4.78, 5) is 0. The van der Waals surface area contributed by atoms with E-state index < -0.39 is 0 Å². The van der Waals surface area contributed by atoms with Crippen LogP contribution >= 0.6 is 0 Å². The number of aromatic hydroxyl groups is 2. The molecule has 0 aliphatic rings. The van der Waals surface area contributed by atoms with Gasteiger partial charge in [-0.3, -0.25) is 0 Å². The zero-order chi connectivity index (χ0) is 33.2. The van der Waals surface area contributed by atoms with Crippen molar-refractivity contribution in [2.24, 2.45) is 0 Å². The fraction of sp³-hybridized carbons (Fsp3) is 0.727. The number of rotatable bonds is 29. The molecule has 0 aliphatic heterocycles. The van der Waals surface area contributed by atoms with Gasteiger partial charge < -0.3 is 10.2 Å². The standard InChI is InChI=1S/C44H74O2/c1-5-9-13-17-21-25-29-37-33-41(45)34-38(30-26-22-18-14-10-6-2)43(37)44-39(31-27-23-19-15-11-7-3)35-42(46)36-40(44)32-28-24-20-16-12-8-4/h33-36,45-46H,5-32H2,1-4H3. The Labute approximate surface area is 286 Å². The molecule has 0 unspecified atom stereocenters. The lowest BCUT2D eigenvalue weighted by atomic mass is 9.82. The molecule has 0 saturated heterocycles. The Kier molecular flexibility index (Phi) is 22.8. The van der Waals surface area contributed by atoms with E-state index in [1.165, 1.54) is 187 Å². The molecule has 0 heterocycles. The second kappa shape index (κ2) is 26.0. The molecule has 0 amide bonds. The van der Waals surface area contributed by atoms with Gasteiger partial charge in [-0.1, -0.05) is 156 Å². The van der Waals surface area contributed by atoms with Gasteiger partial charge in [0.2, 0.25) is 0 Å². The highest BCUT2D eigenvalue weighted by molar-refractivity contribution is 5.79. The molecule has 0 fully saturated rings. The number of hydrogen-bond acceptors (Lipinski definition) is 2. The van der Waals surface area contributed by atoms with Crippen LogP contribution in [0.15, 0.2) is 24.3 Å². The zero-order valence-corrected chi connectivity index (χ0v) is 31.0. The first-order valence-electron chi connectivity index (χ1n) is 20.2. The molecular formula is C44H74O2. The van der Waals surface area contributed by atoms with Crippen LogP contribution in [0.4, 0.5) is 0 Å². The van der Waals surface area contributed by atoms with Gasteiger partial charge in [-0.15, -0.1) is 0 Å². The van der Waals surface area contributed by atoms with E-state index in [4.69, 9.17) is 0 Å². The van der Waals surface area contributed by atoms with Crippen molar-refractivity contribution in [1.29, 1.82) is 0 Å². The first-order valence-corrected chi connectivity index (χ1v) is 20.2. The summed E-state index contributed by atoms with van der Waals surface area (Å²) < 4.78 is 0. The molecule has 0 saturated carbocycles. The number of phenols is 2. The van der Waals surface area contributed by atoms with Crippen LogP contribution in [0, 0.1) is 0 Å². The van der Waals surface area contributed by atoms with E-state index in [-0.39, 0.29) is 0 Å². The zero-order valence-electron chi connectivity index (χ0n) is 31.0. The van der Waals surface area contributed by atoms with Gasteiger partial charge in [0.05, 0.1) is 0 Å². The van der Waals surface area contributed by atoms with Crippen LogP contribution in [0.5, 0.6) is 11.5 Å². The third kappa shape index (κ3) is 16.2. The predicted octanol–water partition coefficient (Wildman–Crippen LogP) is 14.4. The summed E-state index contributed by atoms with van der Waals surface area (Å²) in [6, 6.07) is 8.34. The molecular weight excluding hydrogens is 560 g/mol. The van der Waals surface area contributed by atoms with Crippen molar-refractivity contribution in [1.82, 2.24) is 0 Å². The van der Waals surface area contributed by atoms with Crippen molar-refractivity contribution in [3.05, 3.63) is 46.5 Å². The van der Waals surface area contributed by atoms with Crippen LogP contribution in [0.1, 0.15) is 204 Å². The number of unbranched alkanes of at least 4 members (excludes halogenated alkanes) is 20. The van der Waals surface area contributed by atoms with Crippen molar-refractivity contribution < 1.29 is 10.2 Å². The van der Waals surface area contributed by atoms with E-state index >= 15 is 0 Å². The van der Waals surface area contributed by atoms with E-state index in [1.807, 2.05) is 0 Å². The molecule has 0 spiro atoms. The van der Waals surface area contributed by atoms with Gasteiger partial charge in [-0.25, -0.2) is 0 Å². The van der Waals surface area contributed by atoms with Crippen LogP contribution in [0.3, 0.4) is 0 Å². The average Bonchev–Trinajstić information content (AvgIpc) is 3.04. The first-order chi connectivity index (χ1) is 22.5. The lowest BCUT2D eigenvalue weighted by Gasteiger charge is -2.23. The molecule has 0 bridgehead atoms. The van der Waals surface area contributed by atoms with E-state index in [0.29, 0.717) is 11.5 Å². The van der Waals surface area contributed by atoms with Gasteiger partial charge in [0.15, 0.2) is 0 Å². The van der Waals surface area contributed by atoms with Crippen LogP contribution in [0.25, 0.3) is 11.1 Å². The lowest BCUT2D eigenvalue weighted by Crippen LogP contribution is -2.05. The van der Waals surface area contributed by atoms with Crippen LogP contribution in [-0.4, -0.2) is 10.2 Å². The Hall–Kier alpha value is -1.96. The predicted molar refractivity (Wildman–Crippen MR) is 204 cm³/mol. The van der Waals surface area contributed by atoms with E-state index in [2.05, 4.69) is 52.0 Å². The monoisotopic (exact) mass is 635 g/mol. The van der Waals surface area contributed by atoms with Gasteiger partial charge in [0.1, 0.15) is 11.5 Å². The molecule has 2 N–H and O–H groups in total. The molecule has 262 valence electrons. The van der Waals surface area contributed by atoms with Gasteiger partial charge in [-0.05, 0) is 109 Å². The highest BCUT2D eigenvalue weighted by Crippen LogP contribution is 2.41. The highest BCUT2D eigenvalue weighted by atomic mass is 16.3. The smallest absolute Gasteiger partial charge is 0.116 e. The van der Waals surface area contributed by atoms with Crippen LogP contribution in [-0.2, 0) is 25.7 Å². The van der Waals surface area contributed by atoms with E-state index in [1.54, 1.807) is 0 Å². The minimum Gasteiger partial charge on any atom is -0.508 e. The number of aryl methyl sites for hydroxylation is 4. The third-order valence-electron chi connectivity index (χ3n) is 10.0. The number of benzene rings is 2. The van der Waals surface area contributed by atoms with E-state index in [9.17, 15) is 10.2 Å². The van der Waals surface area contributed by atoms with Crippen molar-refractivity contribution >= 4 is 0 Å². The molecule has 0 radical (unpaired) electrons. The summed E-state index contributed by atoms with van der Waals surface area (Å²) >= 11 is 0. The second-order valence-electron chi connectivity index (χ2n) is 14.3. The van der Waals surface area contributed by atoms with Gasteiger partial charge in [0.25, 0.3) is 0 Å². The van der Waals surface area contributed by atoms with Gasteiger partial charge >= 0.3 is 0 Å². The van der Waals surface area contributed by atoms with Crippen molar-refractivity contribution in [2.45, 2.75) is 207 Å². The molecule has 2 heteroatoms. The Bertz CT molecular complexity index is 881. The highest BCUT2D eigenvalue weighted by Gasteiger charge is 2.20. The minimum absolute atomic E-state index is 0.430. The Balaban J connectivity index is 2.48. The largest absolute Gasteiger partial charge is 0.508 e. The molecule has 2 aromatic rings. The van der Waals surface area contributed by atoms with Crippen LogP contribution in [0.2, 0.25) is 0 Å². The quantitative estimate of drug-likeness (QED) is 0.0874. The first kappa shape index (κ1) is 40.2.